The Morgan fingerprint density at radius 3 is 2.42 bits per heavy atom. The second kappa shape index (κ2) is 7.37. The molecule has 0 aliphatic carbocycles. The molecule has 0 saturated carbocycles. The lowest BCUT2D eigenvalue weighted by Gasteiger charge is -2.23. The van der Waals surface area contributed by atoms with Crippen molar-refractivity contribution in [2.24, 2.45) is 0 Å². The van der Waals surface area contributed by atoms with Crippen molar-refractivity contribution in [3.05, 3.63) is 53.8 Å². The largest absolute Gasteiger partial charge is 0.444 e. The minimum Gasteiger partial charge on any atom is -0.444 e. The number of halogens is 3. The van der Waals surface area contributed by atoms with E-state index >= 15 is 0 Å². The van der Waals surface area contributed by atoms with E-state index in [1.807, 2.05) is 7.05 Å². The standard InChI is InChI=1S/C19H19F3N2O2/c1-23-6-5-16(11-23)26-19(25)24(2)18-4-3-13(20)10-17(18)12-7-14(21)9-15(22)8-12/h3-4,7-10,16H,5-6,11H2,1-2H3/t16-/m1/s1. The molecule has 2 aromatic rings. The number of benzene rings is 2. The molecule has 7 heteroatoms. The topological polar surface area (TPSA) is 32.8 Å². The third kappa shape index (κ3) is 3.99. The molecule has 1 amide bonds. The summed E-state index contributed by atoms with van der Waals surface area (Å²) in [5.41, 5.74) is 0.636. The number of hydrogen-bond acceptors (Lipinski definition) is 3. The average Bonchev–Trinajstić information content (AvgIpc) is 2.98. The van der Waals surface area contributed by atoms with Crippen molar-refractivity contribution in [2.75, 3.05) is 32.1 Å². The average molecular weight is 364 g/mol. The molecule has 4 nitrogen and oxygen atoms in total. The van der Waals surface area contributed by atoms with Crippen molar-refractivity contribution in [2.45, 2.75) is 12.5 Å². The highest BCUT2D eigenvalue weighted by Crippen LogP contribution is 2.32. The zero-order valence-electron chi connectivity index (χ0n) is 14.5. The third-order valence-electron chi connectivity index (χ3n) is 4.38. The smallest absolute Gasteiger partial charge is 0.414 e. The summed E-state index contributed by atoms with van der Waals surface area (Å²) < 4.78 is 46.3. The van der Waals surface area contributed by atoms with Crippen molar-refractivity contribution >= 4 is 11.8 Å². The van der Waals surface area contributed by atoms with E-state index in [2.05, 4.69) is 4.90 Å². The van der Waals surface area contributed by atoms with Gasteiger partial charge in [0.1, 0.15) is 23.6 Å². The Labute approximate surface area is 149 Å². The maximum atomic E-state index is 13.7. The number of likely N-dealkylation sites (tertiary alicyclic amines) is 1. The molecule has 0 aromatic heterocycles. The van der Waals surface area contributed by atoms with Crippen LogP contribution in [0.5, 0.6) is 0 Å². The Morgan fingerprint density at radius 2 is 1.81 bits per heavy atom. The Morgan fingerprint density at radius 1 is 1.12 bits per heavy atom. The monoisotopic (exact) mass is 364 g/mol. The molecule has 3 rings (SSSR count). The number of likely N-dealkylation sites (N-methyl/N-ethyl adjacent to an activating group) is 1. The first-order valence-electron chi connectivity index (χ1n) is 8.22. The lowest BCUT2D eigenvalue weighted by Crippen LogP contribution is -2.32. The molecule has 0 N–H and O–H groups in total. The first-order valence-corrected chi connectivity index (χ1v) is 8.22. The zero-order valence-corrected chi connectivity index (χ0v) is 14.5. The zero-order chi connectivity index (χ0) is 18.8. The van der Waals surface area contributed by atoms with Crippen molar-refractivity contribution in [1.82, 2.24) is 4.90 Å². The van der Waals surface area contributed by atoms with Gasteiger partial charge in [-0.1, -0.05) is 0 Å². The van der Waals surface area contributed by atoms with Crippen molar-refractivity contribution in [3.63, 3.8) is 0 Å². The van der Waals surface area contributed by atoms with Crippen LogP contribution in [-0.2, 0) is 4.74 Å². The van der Waals surface area contributed by atoms with Gasteiger partial charge in [0.05, 0.1) is 5.69 Å². The van der Waals surface area contributed by atoms with E-state index in [0.717, 1.165) is 37.2 Å². The summed E-state index contributed by atoms with van der Waals surface area (Å²) in [5.74, 6) is -2.14. The summed E-state index contributed by atoms with van der Waals surface area (Å²) >= 11 is 0. The second-order valence-corrected chi connectivity index (χ2v) is 6.44. The molecule has 1 saturated heterocycles. The molecule has 1 aliphatic rings. The van der Waals surface area contributed by atoms with Crippen LogP contribution < -0.4 is 4.90 Å². The predicted molar refractivity (Wildman–Crippen MR) is 92.5 cm³/mol. The van der Waals surface area contributed by atoms with Crippen LogP contribution in [-0.4, -0.2) is 44.3 Å². The number of anilines is 1. The van der Waals surface area contributed by atoms with Gasteiger partial charge in [-0.25, -0.2) is 18.0 Å². The number of nitrogens with zero attached hydrogens (tertiary/aromatic N) is 2. The molecule has 0 spiro atoms. The highest BCUT2D eigenvalue weighted by molar-refractivity contribution is 5.93. The Bertz CT molecular complexity index is 808. The van der Waals surface area contributed by atoms with Crippen LogP contribution in [0.25, 0.3) is 11.1 Å². The van der Waals surface area contributed by atoms with Crippen molar-refractivity contribution < 1.29 is 22.7 Å². The summed E-state index contributed by atoms with van der Waals surface area (Å²) in [6, 6.07) is 6.61. The summed E-state index contributed by atoms with van der Waals surface area (Å²) in [7, 11) is 3.42. The van der Waals surface area contributed by atoms with Gasteiger partial charge in [0.15, 0.2) is 0 Å². The van der Waals surface area contributed by atoms with Gasteiger partial charge in [0, 0.05) is 31.8 Å². The molecule has 0 radical (unpaired) electrons. The number of carbonyl (C=O) groups excluding carboxylic acids is 1. The second-order valence-electron chi connectivity index (χ2n) is 6.44. The molecule has 1 atom stereocenters. The highest BCUT2D eigenvalue weighted by Gasteiger charge is 2.26. The van der Waals surface area contributed by atoms with Crippen LogP contribution in [0.4, 0.5) is 23.7 Å². The van der Waals surface area contributed by atoms with E-state index in [9.17, 15) is 18.0 Å². The fourth-order valence-corrected chi connectivity index (χ4v) is 3.05. The molecule has 138 valence electrons. The fraction of sp³-hybridized carbons (Fsp3) is 0.316. The van der Waals surface area contributed by atoms with Gasteiger partial charge in [0.25, 0.3) is 0 Å². The van der Waals surface area contributed by atoms with Gasteiger partial charge in [-0.2, -0.15) is 0 Å². The highest BCUT2D eigenvalue weighted by atomic mass is 19.1. The third-order valence-corrected chi connectivity index (χ3v) is 4.38. The van der Waals surface area contributed by atoms with E-state index in [1.54, 1.807) is 0 Å². The molecule has 2 aromatic carbocycles. The number of carbonyl (C=O) groups is 1. The van der Waals surface area contributed by atoms with Gasteiger partial charge >= 0.3 is 6.09 Å². The summed E-state index contributed by atoms with van der Waals surface area (Å²) in [4.78, 5) is 15.7. The van der Waals surface area contributed by atoms with Gasteiger partial charge < -0.3 is 9.64 Å². The molecular formula is C19H19F3N2O2. The van der Waals surface area contributed by atoms with Crippen molar-refractivity contribution in [1.29, 1.82) is 0 Å². The van der Waals surface area contributed by atoms with E-state index in [4.69, 9.17) is 4.74 Å². The molecule has 26 heavy (non-hydrogen) atoms. The minimum atomic E-state index is -0.783. The SMILES string of the molecule is CN1CC[C@@H](OC(=O)N(C)c2ccc(F)cc2-c2cc(F)cc(F)c2)C1. The summed E-state index contributed by atoms with van der Waals surface area (Å²) in [5, 5.41) is 0. The normalized spacial score (nSPS) is 17.3. The van der Waals surface area contributed by atoms with Crippen LogP contribution in [0, 0.1) is 17.5 Å². The van der Waals surface area contributed by atoms with Crippen LogP contribution >= 0.6 is 0 Å². The minimum absolute atomic E-state index is 0.136. The van der Waals surface area contributed by atoms with E-state index in [-0.39, 0.29) is 17.2 Å². The lowest BCUT2D eigenvalue weighted by molar-refractivity contribution is 0.110. The molecule has 1 fully saturated rings. The number of rotatable bonds is 3. The molecule has 0 bridgehead atoms. The lowest BCUT2D eigenvalue weighted by atomic mass is 10.0. The van der Waals surface area contributed by atoms with Crippen LogP contribution in [0.15, 0.2) is 36.4 Å². The van der Waals surface area contributed by atoms with Gasteiger partial charge in [-0.3, -0.25) is 4.90 Å². The number of amides is 1. The quantitative estimate of drug-likeness (QED) is 0.824. The van der Waals surface area contributed by atoms with E-state index in [0.29, 0.717) is 12.2 Å². The fourth-order valence-electron chi connectivity index (χ4n) is 3.05. The van der Waals surface area contributed by atoms with Crippen LogP contribution in [0.3, 0.4) is 0 Å². The molecule has 0 unspecified atom stereocenters. The maximum absolute atomic E-state index is 13.7. The summed E-state index contributed by atoms with van der Waals surface area (Å²) in [6.07, 6.45) is -0.0814. The van der Waals surface area contributed by atoms with Crippen molar-refractivity contribution in [3.8, 4) is 11.1 Å². The Balaban J connectivity index is 1.90. The molecule has 1 aliphatic heterocycles. The van der Waals surface area contributed by atoms with E-state index < -0.39 is 23.5 Å². The first kappa shape index (κ1) is 18.3. The van der Waals surface area contributed by atoms with Crippen LogP contribution in [0.2, 0.25) is 0 Å². The Hall–Kier alpha value is -2.54. The number of hydrogen-bond donors (Lipinski definition) is 0. The maximum Gasteiger partial charge on any atom is 0.414 e. The van der Waals surface area contributed by atoms with E-state index in [1.165, 1.54) is 24.1 Å². The van der Waals surface area contributed by atoms with Gasteiger partial charge in [-0.15, -0.1) is 0 Å². The molecule has 1 heterocycles. The summed E-state index contributed by atoms with van der Waals surface area (Å²) in [6.45, 7) is 1.48. The molecular weight excluding hydrogens is 345 g/mol. The number of ether oxygens (including phenoxy) is 1. The van der Waals surface area contributed by atoms with Gasteiger partial charge in [0.2, 0.25) is 0 Å². The Kier molecular flexibility index (Phi) is 5.18. The predicted octanol–water partition coefficient (Wildman–Crippen LogP) is 4.05. The van der Waals surface area contributed by atoms with Crippen LogP contribution in [0.1, 0.15) is 6.42 Å². The first-order chi connectivity index (χ1) is 12.3. The van der Waals surface area contributed by atoms with Gasteiger partial charge in [-0.05, 0) is 49.4 Å².